The first-order valence-corrected chi connectivity index (χ1v) is 4.28. The number of rotatable bonds is 1. The molecule has 0 atom stereocenters. The summed E-state index contributed by atoms with van der Waals surface area (Å²) in [5.74, 6) is 2.57. The first kappa shape index (κ1) is 8.64. The van der Waals surface area contributed by atoms with Gasteiger partial charge in [0.1, 0.15) is 0 Å². The summed E-state index contributed by atoms with van der Waals surface area (Å²) in [5, 5.41) is 0.714. The maximum Gasteiger partial charge on any atom is 0.0548 e. The molecule has 0 fully saturated rings. The molecule has 1 aromatic carbocycles. The van der Waals surface area contributed by atoms with Gasteiger partial charge >= 0.3 is 0 Å². The summed E-state index contributed by atoms with van der Waals surface area (Å²) in [7, 11) is 0. The van der Waals surface area contributed by atoms with Crippen molar-refractivity contribution in [3.8, 4) is 12.3 Å². The van der Waals surface area contributed by atoms with Crippen molar-refractivity contribution in [3.05, 3.63) is 33.3 Å². The van der Waals surface area contributed by atoms with Crippen molar-refractivity contribution < 1.29 is 0 Å². The zero-order valence-corrected chi connectivity index (χ0v) is 8.11. The zero-order chi connectivity index (χ0) is 8.27. The molecule has 1 rings (SSSR count). The van der Waals surface area contributed by atoms with E-state index in [9.17, 15) is 0 Å². The minimum absolute atomic E-state index is 0.649. The molecule has 0 radical (unpaired) electrons. The van der Waals surface area contributed by atoms with Crippen molar-refractivity contribution in [2.45, 2.75) is 6.42 Å². The van der Waals surface area contributed by atoms with Gasteiger partial charge in [0.2, 0.25) is 0 Å². The third-order valence-electron chi connectivity index (χ3n) is 1.29. The fraction of sp³-hybridized carbons (Fsp3) is 0.111. The van der Waals surface area contributed by atoms with Gasteiger partial charge in [-0.25, -0.2) is 0 Å². The normalized spacial score (nSPS) is 9.18. The summed E-state index contributed by atoms with van der Waals surface area (Å²) in [4.78, 5) is 0. The Morgan fingerprint density at radius 1 is 1.55 bits per heavy atom. The summed E-state index contributed by atoms with van der Waals surface area (Å²) in [5.41, 5.74) is 1.10. The molecule has 0 N–H and O–H groups in total. The maximum absolute atomic E-state index is 5.78. The van der Waals surface area contributed by atoms with Crippen LogP contribution in [0.15, 0.2) is 22.7 Å². The van der Waals surface area contributed by atoms with E-state index < -0.39 is 0 Å². The molecule has 0 spiro atoms. The van der Waals surface area contributed by atoms with E-state index in [0.717, 1.165) is 10.0 Å². The molecule has 0 nitrogen and oxygen atoms in total. The van der Waals surface area contributed by atoms with Crippen molar-refractivity contribution in [1.82, 2.24) is 0 Å². The van der Waals surface area contributed by atoms with Crippen LogP contribution < -0.4 is 0 Å². The van der Waals surface area contributed by atoms with Crippen molar-refractivity contribution in [1.29, 1.82) is 0 Å². The lowest BCUT2D eigenvalue weighted by Gasteiger charge is -1.97. The third-order valence-corrected chi connectivity index (χ3v) is 2.50. The molecular formula is C9H6BrCl. The molecule has 0 bridgehead atoms. The van der Waals surface area contributed by atoms with Crippen LogP contribution in [0.1, 0.15) is 5.56 Å². The Morgan fingerprint density at radius 2 is 2.27 bits per heavy atom. The monoisotopic (exact) mass is 228 g/mol. The number of hydrogen-bond donors (Lipinski definition) is 0. The van der Waals surface area contributed by atoms with Gasteiger partial charge in [-0.1, -0.05) is 17.7 Å². The van der Waals surface area contributed by atoms with Crippen LogP contribution in [-0.2, 0) is 6.42 Å². The van der Waals surface area contributed by atoms with Gasteiger partial charge in [0.15, 0.2) is 0 Å². The average Bonchev–Trinajstić information content (AvgIpc) is 1.98. The van der Waals surface area contributed by atoms with Crippen LogP contribution in [0.3, 0.4) is 0 Å². The van der Waals surface area contributed by atoms with Crippen molar-refractivity contribution >= 4 is 27.5 Å². The van der Waals surface area contributed by atoms with E-state index in [-0.39, 0.29) is 0 Å². The predicted octanol–water partition coefficient (Wildman–Crippen LogP) is 3.28. The van der Waals surface area contributed by atoms with E-state index in [1.807, 2.05) is 18.2 Å². The van der Waals surface area contributed by atoms with Gasteiger partial charge in [-0.15, -0.1) is 12.3 Å². The smallest absolute Gasteiger partial charge is 0.0548 e. The van der Waals surface area contributed by atoms with Gasteiger partial charge in [-0.3, -0.25) is 0 Å². The van der Waals surface area contributed by atoms with Crippen LogP contribution in [0.5, 0.6) is 0 Å². The molecule has 2 heteroatoms. The topological polar surface area (TPSA) is 0 Å². The van der Waals surface area contributed by atoms with Crippen molar-refractivity contribution in [3.63, 3.8) is 0 Å². The summed E-state index contributed by atoms with van der Waals surface area (Å²) < 4.78 is 0.895. The van der Waals surface area contributed by atoms with E-state index >= 15 is 0 Å². The van der Waals surface area contributed by atoms with Crippen LogP contribution in [0.2, 0.25) is 5.02 Å². The highest BCUT2D eigenvalue weighted by Gasteiger charge is 1.96. The van der Waals surface area contributed by atoms with Gasteiger partial charge in [-0.2, -0.15) is 0 Å². The number of benzene rings is 1. The van der Waals surface area contributed by atoms with Gasteiger partial charge in [-0.05, 0) is 33.6 Å². The highest BCUT2D eigenvalue weighted by atomic mass is 79.9. The van der Waals surface area contributed by atoms with Gasteiger partial charge in [0.25, 0.3) is 0 Å². The molecule has 0 aliphatic carbocycles. The van der Waals surface area contributed by atoms with E-state index in [0.29, 0.717) is 11.4 Å². The molecule has 0 amide bonds. The van der Waals surface area contributed by atoms with Crippen molar-refractivity contribution in [2.75, 3.05) is 0 Å². The summed E-state index contributed by atoms with van der Waals surface area (Å²) >= 11 is 9.10. The molecular weight excluding hydrogens is 223 g/mol. The quantitative estimate of drug-likeness (QED) is 0.648. The number of halogens is 2. The molecule has 0 heterocycles. The highest BCUT2D eigenvalue weighted by molar-refractivity contribution is 9.10. The SMILES string of the molecule is C#CCc1ccc(Cl)c(Br)c1. The standard InChI is InChI=1S/C9H6BrCl/c1-2-3-7-4-5-9(11)8(10)6-7/h1,4-6H,3H2. The van der Waals surface area contributed by atoms with Crippen LogP contribution in [0.4, 0.5) is 0 Å². The first-order valence-electron chi connectivity index (χ1n) is 3.11. The lowest BCUT2D eigenvalue weighted by Crippen LogP contribution is -1.80. The molecule has 11 heavy (non-hydrogen) atoms. The highest BCUT2D eigenvalue weighted by Crippen LogP contribution is 2.23. The number of terminal acetylenes is 1. The van der Waals surface area contributed by atoms with Gasteiger partial charge < -0.3 is 0 Å². The third kappa shape index (κ3) is 2.25. The minimum atomic E-state index is 0.649. The maximum atomic E-state index is 5.78. The van der Waals surface area contributed by atoms with Crippen molar-refractivity contribution in [2.24, 2.45) is 0 Å². The van der Waals surface area contributed by atoms with E-state index in [1.54, 1.807) is 0 Å². The molecule has 0 aliphatic rings. The predicted molar refractivity (Wildman–Crippen MR) is 51.7 cm³/mol. The lowest BCUT2D eigenvalue weighted by atomic mass is 10.2. The molecule has 56 valence electrons. The summed E-state index contributed by atoms with van der Waals surface area (Å²) in [6, 6.07) is 5.69. The molecule has 0 saturated heterocycles. The Hall–Kier alpha value is -0.450. The Kier molecular flexibility index (Phi) is 2.99. The Bertz CT molecular complexity index is 299. The Labute approximate surface area is 79.7 Å². The van der Waals surface area contributed by atoms with Crippen LogP contribution in [0, 0.1) is 12.3 Å². The van der Waals surface area contributed by atoms with E-state index in [1.165, 1.54) is 0 Å². The molecule has 0 aromatic heterocycles. The number of hydrogen-bond acceptors (Lipinski definition) is 0. The van der Waals surface area contributed by atoms with Gasteiger partial charge in [0, 0.05) is 10.9 Å². The molecule has 0 aliphatic heterocycles. The molecule has 1 aromatic rings. The average molecular weight is 230 g/mol. The van der Waals surface area contributed by atoms with E-state index in [4.69, 9.17) is 18.0 Å². The van der Waals surface area contributed by atoms with Crippen LogP contribution in [0.25, 0.3) is 0 Å². The zero-order valence-electron chi connectivity index (χ0n) is 5.77. The lowest BCUT2D eigenvalue weighted by molar-refractivity contribution is 1.31. The molecule has 0 unspecified atom stereocenters. The second kappa shape index (κ2) is 3.80. The fourth-order valence-corrected chi connectivity index (χ4v) is 1.31. The Morgan fingerprint density at radius 3 is 2.82 bits per heavy atom. The summed E-state index contributed by atoms with van der Waals surface area (Å²) in [6.07, 6.45) is 5.80. The van der Waals surface area contributed by atoms with Crippen LogP contribution in [-0.4, -0.2) is 0 Å². The van der Waals surface area contributed by atoms with Crippen LogP contribution >= 0.6 is 27.5 Å². The minimum Gasteiger partial charge on any atom is -0.120 e. The van der Waals surface area contributed by atoms with Gasteiger partial charge in [0.05, 0.1) is 5.02 Å². The second-order valence-corrected chi connectivity index (χ2v) is 3.39. The first-order chi connectivity index (χ1) is 5.24. The van der Waals surface area contributed by atoms with E-state index in [2.05, 4.69) is 21.9 Å². The fourth-order valence-electron chi connectivity index (χ4n) is 0.767. The Balaban J connectivity index is 2.98. The molecule has 0 saturated carbocycles. The second-order valence-electron chi connectivity index (χ2n) is 2.13. The summed E-state index contributed by atoms with van der Waals surface area (Å²) in [6.45, 7) is 0. The largest absolute Gasteiger partial charge is 0.120 e.